The first kappa shape index (κ1) is 23.3. The Kier molecular flexibility index (Phi) is 10.2. The SMILES string of the molecule is CCOC(OCC)O[Si]CCCN(F)C(=O)Oc1cc(F)c(F)c(F)c1F. The van der Waals surface area contributed by atoms with Gasteiger partial charge < -0.3 is 18.6 Å². The molecule has 12 heteroatoms. The summed E-state index contributed by atoms with van der Waals surface area (Å²) in [6.07, 6.45) is -1.56. The van der Waals surface area contributed by atoms with Gasteiger partial charge in [-0.25, -0.2) is 18.0 Å². The molecule has 0 atom stereocenters. The zero-order valence-electron chi connectivity index (χ0n) is 14.6. The summed E-state index contributed by atoms with van der Waals surface area (Å²) in [6.45, 7) is 2.98. The quantitative estimate of drug-likeness (QED) is 0.105. The van der Waals surface area contributed by atoms with Gasteiger partial charge in [0.15, 0.2) is 17.4 Å². The lowest BCUT2D eigenvalue weighted by Crippen LogP contribution is -2.28. The molecule has 1 aromatic carbocycles. The van der Waals surface area contributed by atoms with Gasteiger partial charge in [-0.3, -0.25) is 0 Å². The van der Waals surface area contributed by atoms with Crippen LogP contribution in [0.2, 0.25) is 6.04 Å². The third kappa shape index (κ3) is 7.40. The maximum absolute atomic E-state index is 13.6. The second kappa shape index (κ2) is 11.8. The number of carbonyl (C=O) groups is 1. The molecule has 0 spiro atoms. The Morgan fingerprint density at radius 3 is 2.33 bits per heavy atom. The Morgan fingerprint density at radius 2 is 1.74 bits per heavy atom. The lowest BCUT2D eigenvalue weighted by molar-refractivity contribution is -0.243. The molecule has 0 aromatic heterocycles. The van der Waals surface area contributed by atoms with Crippen LogP contribution in [0.3, 0.4) is 0 Å². The lowest BCUT2D eigenvalue weighted by Gasteiger charge is -2.17. The number of carbonyl (C=O) groups excluding carboxylic acids is 1. The molecule has 0 heterocycles. The third-order valence-corrected chi connectivity index (χ3v) is 3.80. The van der Waals surface area contributed by atoms with E-state index in [0.717, 1.165) is 0 Å². The van der Waals surface area contributed by atoms with Gasteiger partial charge in [-0.2, -0.15) is 4.39 Å². The fraction of sp³-hybridized carbons (Fsp3) is 0.533. The molecule has 1 rings (SSSR count). The van der Waals surface area contributed by atoms with E-state index in [1.165, 1.54) is 0 Å². The van der Waals surface area contributed by atoms with Gasteiger partial charge in [-0.1, -0.05) is 4.48 Å². The van der Waals surface area contributed by atoms with Gasteiger partial charge in [0.25, 0.3) is 6.48 Å². The zero-order valence-corrected chi connectivity index (χ0v) is 15.6. The van der Waals surface area contributed by atoms with Crippen LogP contribution in [0.4, 0.5) is 26.8 Å². The molecule has 0 saturated heterocycles. The summed E-state index contributed by atoms with van der Waals surface area (Å²) in [5.74, 6) is -9.22. The summed E-state index contributed by atoms with van der Waals surface area (Å²) < 4.78 is 85.6. The first-order valence-electron chi connectivity index (χ1n) is 7.91. The van der Waals surface area contributed by atoms with Crippen molar-refractivity contribution in [2.45, 2.75) is 32.8 Å². The van der Waals surface area contributed by atoms with Crippen LogP contribution in [-0.4, -0.2) is 47.2 Å². The second-order valence-corrected chi connectivity index (χ2v) is 5.84. The minimum atomic E-state index is -2.17. The van der Waals surface area contributed by atoms with E-state index in [4.69, 9.17) is 13.9 Å². The Bertz CT molecular complexity index is 619. The van der Waals surface area contributed by atoms with E-state index >= 15 is 0 Å². The molecular weight excluding hydrogens is 397 g/mol. The van der Waals surface area contributed by atoms with Gasteiger partial charge in [0, 0.05) is 19.3 Å². The van der Waals surface area contributed by atoms with Crippen LogP contribution in [0, 0.1) is 23.3 Å². The second-order valence-electron chi connectivity index (χ2n) is 4.82. The van der Waals surface area contributed by atoms with E-state index < -0.39 is 53.3 Å². The summed E-state index contributed by atoms with van der Waals surface area (Å²) in [5, 5.41) is -0.411. The van der Waals surface area contributed by atoms with Gasteiger partial charge >= 0.3 is 6.09 Å². The van der Waals surface area contributed by atoms with E-state index in [-0.39, 0.29) is 22.3 Å². The van der Waals surface area contributed by atoms with Gasteiger partial charge in [0.2, 0.25) is 21.4 Å². The Morgan fingerprint density at radius 1 is 1.11 bits per heavy atom. The molecule has 0 unspecified atom stereocenters. The minimum Gasteiger partial charge on any atom is -0.405 e. The number of halogens is 5. The van der Waals surface area contributed by atoms with Crippen molar-refractivity contribution < 1.29 is 45.5 Å². The molecule has 2 radical (unpaired) electrons. The molecule has 0 aliphatic heterocycles. The summed E-state index contributed by atoms with van der Waals surface area (Å²) in [7, 11) is -0.104. The molecule has 1 aromatic rings. The number of rotatable bonds is 11. The average Bonchev–Trinajstić information content (AvgIpc) is 2.64. The summed E-state index contributed by atoms with van der Waals surface area (Å²) in [5.41, 5.74) is 0. The fourth-order valence-electron chi connectivity index (χ4n) is 1.67. The van der Waals surface area contributed by atoms with Crippen molar-refractivity contribution in [2.75, 3.05) is 19.8 Å². The molecule has 0 saturated carbocycles. The Labute approximate surface area is 155 Å². The molecule has 27 heavy (non-hydrogen) atoms. The van der Waals surface area contributed by atoms with Gasteiger partial charge in [-0.15, -0.1) is 5.12 Å². The molecule has 152 valence electrons. The zero-order chi connectivity index (χ0) is 20.4. The van der Waals surface area contributed by atoms with Crippen molar-refractivity contribution >= 4 is 15.9 Å². The predicted molar refractivity (Wildman–Crippen MR) is 83.4 cm³/mol. The lowest BCUT2D eigenvalue weighted by atomic mass is 10.3. The molecule has 6 nitrogen and oxygen atoms in total. The molecular formula is C15H18F5NO5Si. The fourth-order valence-corrected chi connectivity index (χ4v) is 2.36. The van der Waals surface area contributed by atoms with E-state index in [1.54, 1.807) is 13.8 Å². The van der Waals surface area contributed by atoms with Crippen molar-refractivity contribution in [2.24, 2.45) is 0 Å². The summed E-state index contributed by atoms with van der Waals surface area (Å²) in [6, 6.07) is 0.453. The van der Waals surface area contributed by atoms with Crippen LogP contribution in [0.15, 0.2) is 6.07 Å². The standard InChI is InChI=1S/C15H18F5NO5Si/c1-3-23-15(24-4-2)26-27-7-5-6-21(20)14(22)25-10-8-9(16)11(17)13(19)12(10)18/h8,15H,3-7H2,1-2H3. The topological polar surface area (TPSA) is 57.2 Å². The molecule has 1 amide bonds. The van der Waals surface area contributed by atoms with E-state index in [9.17, 15) is 26.8 Å². The van der Waals surface area contributed by atoms with Crippen molar-refractivity contribution in [3.05, 3.63) is 29.3 Å². The minimum absolute atomic E-state index is 0.104. The number of ether oxygens (including phenoxy) is 3. The highest BCUT2D eigenvalue weighted by atomic mass is 28.2. The smallest absolute Gasteiger partial charge is 0.405 e. The van der Waals surface area contributed by atoms with E-state index in [0.29, 0.717) is 19.3 Å². The first-order chi connectivity index (χ1) is 12.8. The van der Waals surface area contributed by atoms with Crippen molar-refractivity contribution in [1.82, 2.24) is 5.12 Å². The monoisotopic (exact) mass is 415 g/mol. The van der Waals surface area contributed by atoms with Crippen molar-refractivity contribution in [3.8, 4) is 5.75 Å². The predicted octanol–water partition coefficient (Wildman–Crippen LogP) is 3.73. The van der Waals surface area contributed by atoms with Crippen molar-refractivity contribution in [3.63, 3.8) is 0 Å². The van der Waals surface area contributed by atoms with Gasteiger partial charge in [0.05, 0.1) is 6.54 Å². The third-order valence-electron chi connectivity index (χ3n) is 2.88. The van der Waals surface area contributed by atoms with Crippen molar-refractivity contribution in [1.29, 1.82) is 0 Å². The number of nitrogens with zero attached hydrogens (tertiary/aromatic N) is 1. The maximum atomic E-state index is 13.6. The van der Waals surface area contributed by atoms with E-state index in [1.807, 2.05) is 0 Å². The Balaban J connectivity index is 2.41. The van der Waals surface area contributed by atoms with Gasteiger partial charge in [0.1, 0.15) is 0 Å². The van der Waals surface area contributed by atoms with Crippen LogP contribution in [0.5, 0.6) is 5.75 Å². The molecule has 0 fully saturated rings. The van der Waals surface area contributed by atoms with Crippen LogP contribution in [0.1, 0.15) is 20.3 Å². The number of hydrogen-bond donors (Lipinski definition) is 0. The summed E-state index contributed by atoms with van der Waals surface area (Å²) >= 11 is 0. The summed E-state index contributed by atoms with van der Waals surface area (Å²) in [4.78, 5) is 11.5. The molecule has 0 aliphatic carbocycles. The molecule has 0 aliphatic rings. The highest BCUT2D eigenvalue weighted by Crippen LogP contribution is 2.25. The number of amides is 1. The highest BCUT2D eigenvalue weighted by molar-refractivity contribution is 6.27. The normalized spacial score (nSPS) is 11.1. The molecule has 0 N–H and O–H groups in total. The highest BCUT2D eigenvalue weighted by Gasteiger charge is 2.24. The molecule has 0 bridgehead atoms. The number of benzene rings is 1. The Hall–Kier alpha value is -1.76. The maximum Gasteiger partial charge on any atom is 0.443 e. The van der Waals surface area contributed by atoms with E-state index in [2.05, 4.69) is 4.74 Å². The largest absolute Gasteiger partial charge is 0.443 e. The van der Waals surface area contributed by atoms with Gasteiger partial charge in [-0.05, 0) is 26.3 Å². The van der Waals surface area contributed by atoms with Crippen LogP contribution < -0.4 is 4.74 Å². The average molecular weight is 415 g/mol. The first-order valence-corrected chi connectivity index (χ1v) is 9.03. The van der Waals surface area contributed by atoms with Crippen LogP contribution in [-0.2, 0) is 13.9 Å². The van der Waals surface area contributed by atoms with Crippen LogP contribution in [0.25, 0.3) is 0 Å². The van der Waals surface area contributed by atoms with Crippen LogP contribution >= 0.6 is 0 Å². The number of hydrogen-bond acceptors (Lipinski definition) is 5.